The van der Waals surface area contributed by atoms with Crippen molar-refractivity contribution in [2.24, 2.45) is 23.7 Å². The van der Waals surface area contributed by atoms with Crippen LogP contribution in [-0.2, 0) is 22.4 Å². The lowest BCUT2D eigenvalue weighted by atomic mass is 9.70. The zero-order valence-corrected chi connectivity index (χ0v) is 23.7. The molecule has 0 saturated heterocycles. The molecule has 0 amide bonds. The first-order valence-corrected chi connectivity index (χ1v) is 14.9. The fourth-order valence-corrected chi connectivity index (χ4v) is 7.31. The van der Waals surface area contributed by atoms with E-state index in [0.717, 1.165) is 55.6 Å². The smallest absolute Gasteiger partial charge is 0.163 e. The molecule has 0 spiro atoms. The van der Waals surface area contributed by atoms with Gasteiger partial charge < -0.3 is 0 Å². The molecule has 0 aliphatic heterocycles. The van der Waals surface area contributed by atoms with E-state index in [-0.39, 0.29) is 29.8 Å². The molecule has 2 aliphatic rings. The number of hydrogen-bond acceptors (Lipinski definition) is 3. The van der Waals surface area contributed by atoms with E-state index in [9.17, 15) is 14.4 Å². The maximum absolute atomic E-state index is 13.5. The Morgan fingerprint density at radius 3 is 2.39 bits per heavy atom. The first kappa shape index (κ1) is 28.8. The molecular formula is C33H50O3. The Kier molecular flexibility index (Phi) is 10.9. The van der Waals surface area contributed by atoms with Gasteiger partial charge in [-0.15, -0.1) is 0 Å². The molecule has 200 valence electrons. The molecule has 3 rings (SSSR count). The molecule has 3 atom stereocenters. The third-order valence-corrected chi connectivity index (χ3v) is 9.22. The Morgan fingerprint density at radius 1 is 1.03 bits per heavy atom. The van der Waals surface area contributed by atoms with Gasteiger partial charge in [0, 0.05) is 17.9 Å². The van der Waals surface area contributed by atoms with Crippen LogP contribution >= 0.6 is 0 Å². The van der Waals surface area contributed by atoms with Gasteiger partial charge in [-0.05, 0) is 92.9 Å². The SMILES string of the molecule is CCCC(CC1CC(=O)c2c(C)c(C)cc(CCCC3CCCCC3)c2C1)C(CC)C(=O)CC(C)=O. The second-order valence-electron chi connectivity index (χ2n) is 12.1. The predicted octanol–water partition coefficient (Wildman–Crippen LogP) is 8.33. The molecule has 0 N–H and O–H groups in total. The van der Waals surface area contributed by atoms with Crippen molar-refractivity contribution in [3.63, 3.8) is 0 Å². The highest BCUT2D eigenvalue weighted by atomic mass is 16.1. The molecule has 36 heavy (non-hydrogen) atoms. The van der Waals surface area contributed by atoms with Gasteiger partial charge in [-0.2, -0.15) is 0 Å². The minimum Gasteiger partial charge on any atom is -0.300 e. The van der Waals surface area contributed by atoms with Crippen LogP contribution in [0.2, 0.25) is 0 Å². The number of aryl methyl sites for hydroxylation is 2. The first-order chi connectivity index (χ1) is 17.2. The maximum Gasteiger partial charge on any atom is 0.163 e. The molecule has 2 aliphatic carbocycles. The third kappa shape index (κ3) is 7.39. The molecule has 1 aromatic carbocycles. The van der Waals surface area contributed by atoms with Gasteiger partial charge in [0.2, 0.25) is 0 Å². The highest BCUT2D eigenvalue weighted by Gasteiger charge is 2.34. The van der Waals surface area contributed by atoms with Crippen LogP contribution in [0.15, 0.2) is 6.07 Å². The van der Waals surface area contributed by atoms with Gasteiger partial charge in [0.15, 0.2) is 5.78 Å². The molecule has 1 aromatic rings. The topological polar surface area (TPSA) is 51.2 Å². The van der Waals surface area contributed by atoms with Crippen LogP contribution in [0, 0.1) is 37.5 Å². The molecule has 3 nitrogen and oxygen atoms in total. The van der Waals surface area contributed by atoms with Crippen molar-refractivity contribution in [3.8, 4) is 0 Å². The molecule has 1 fully saturated rings. The lowest BCUT2D eigenvalue weighted by Gasteiger charge is -2.33. The van der Waals surface area contributed by atoms with Crippen molar-refractivity contribution < 1.29 is 14.4 Å². The Morgan fingerprint density at radius 2 is 1.75 bits per heavy atom. The number of benzene rings is 1. The van der Waals surface area contributed by atoms with Crippen LogP contribution in [-0.4, -0.2) is 17.3 Å². The van der Waals surface area contributed by atoms with Gasteiger partial charge in [0.25, 0.3) is 0 Å². The Hall–Kier alpha value is -1.77. The number of carbonyl (C=O) groups excluding carboxylic acids is 3. The molecule has 3 heteroatoms. The lowest BCUT2D eigenvalue weighted by Crippen LogP contribution is -2.30. The standard InChI is InChI=1S/C33H50O3/c1-6-12-27(29(7-2)31(35)18-23(4)34)19-26-20-30-28(16-11-15-25-13-9-8-10-14-25)17-22(3)24(5)33(30)32(36)21-26/h17,25-27,29H,6-16,18-21H2,1-5H3. The number of fused-ring (bicyclic) bond motifs is 1. The summed E-state index contributed by atoms with van der Waals surface area (Å²) in [5.74, 6) is 1.73. The molecular weight excluding hydrogens is 444 g/mol. The number of ketones is 3. The second-order valence-corrected chi connectivity index (χ2v) is 12.1. The average Bonchev–Trinajstić information content (AvgIpc) is 2.82. The molecule has 3 unspecified atom stereocenters. The van der Waals surface area contributed by atoms with Crippen LogP contribution in [0.3, 0.4) is 0 Å². The zero-order chi connectivity index (χ0) is 26.2. The van der Waals surface area contributed by atoms with Gasteiger partial charge in [-0.25, -0.2) is 0 Å². The van der Waals surface area contributed by atoms with Crippen molar-refractivity contribution in [2.45, 2.75) is 131 Å². The van der Waals surface area contributed by atoms with E-state index in [1.54, 1.807) is 0 Å². The Labute approximate surface area is 220 Å². The van der Waals surface area contributed by atoms with E-state index in [1.165, 1.54) is 68.6 Å². The van der Waals surface area contributed by atoms with Crippen molar-refractivity contribution in [1.29, 1.82) is 0 Å². The van der Waals surface area contributed by atoms with E-state index in [2.05, 4.69) is 33.8 Å². The van der Waals surface area contributed by atoms with Crippen molar-refractivity contribution in [2.75, 3.05) is 0 Å². The highest BCUT2D eigenvalue weighted by Crippen LogP contribution is 2.39. The summed E-state index contributed by atoms with van der Waals surface area (Å²) in [7, 11) is 0. The van der Waals surface area contributed by atoms with Crippen molar-refractivity contribution in [1.82, 2.24) is 0 Å². The van der Waals surface area contributed by atoms with Gasteiger partial charge in [0.05, 0.1) is 6.42 Å². The molecule has 0 heterocycles. The molecule has 0 bridgehead atoms. The highest BCUT2D eigenvalue weighted by molar-refractivity contribution is 6.01. The molecule has 1 saturated carbocycles. The first-order valence-electron chi connectivity index (χ1n) is 14.9. The summed E-state index contributed by atoms with van der Waals surface area (Å²) < 4.78 is 0. The fourth-order valence-electron chi connectivity index (χ4n) is 7.31. The minimum absolute atomic E-state index is 0.0424. The van der Waals surface area contributed by atoms with Gasteiger partial charge >= 0.3 is 0 Å². The normalized spacial score (nSPS) is 20.1. The Bertz CT molecular complexity index is 921. The summed E-state index contributed by atoms with van der Waals surface area (Å²) in [5, 5.41) is 0. The van der Waals surface area contributed by atoms with Crippen molar-refractivity contribution in [3.05, 3.63) is 33.9 Å². The van der Waals surface area contributed by atoms with E-state index < -0.39 is 0 Å². The fraction of sp³-hybridized carbons (Fsp3) is 0.727. The van der Waals surface area contributed by atoms with Crippen LogP contribution in [0.25, 0.3) is 0 Å². The maximum atomic E-state index is 13.5. The van der Waals surface area contributed by atoms with E-state index in [4.69, 9.17) is 0 Å². The Balaban J connectivity index is 1.77. The number of carbonyl (C=O) groups is 3. The summed E-state index contributed by atoms with van der Waals surface area (Å²) in [4.78, 5) is 38.0. The quantitative estimate of drug-likeness (QED) is 0.259. The summed E-state index contributed by atoms with van der Waals surface area (Å²) in [5.41, 5.74) is 6.12. The lowest BCUT2D eigenvalue weighted by molar-refractivity contribution is -0.129. The predicted molar refractivity (Wildman–Crippen MR) is 149 cm³/mol. The van der Waals surface area contributed by atoms with Crippen molar-refractivity contribution >= 4 is 17.3 Å². The molecule has 0 aromatic heterocycles. The monoisotopic (exact) mass is 494 g/mol. The van der Waals surface area contributed by atoms with Gasteiger partial charge in [-0.3, -0.25) is 14.4 Å². The van der Waals surface area contributed by atoms with Crippen LogP contribution in [0.1, 0.15) is 137 Å². The molecule has 0 radical (unpaired) electrons. The summed E-state index contributed by atoms with van der Waals surface area (Å²) in [6.45, 7) is 10.0. The number of Topliss-reactive ketones (excluding diaryl/α,β-unsaturated/α-hetero) is 3. The summed E-state index contributed by atoms with van der Waals surface area (Å²) >= 11 is 0. The zero-order valence-electron chi connectivity index (χ0n) is 23.7. The van der Waals surface area contributed by atoms with Crippen LogP contribution in [0.4, 0.5) is 0 Å². The van der Waals surface area contributed by atoms with E-state index >= 15 is 0 Å². The van der Waals surface area contributed by atoms with Gasteiger partial charge in [0.1, 0.15) is 11.6 Å². The van der Waals surface area contributed by atoms with Crippen LogP contribution < -0.4 is 0 Å². The van der Waals surface area contributed by atoms with Crippen LogP contribution in [0.5, 0.6) is 0 Å². The summed E-state index contributed by atoms with van der Waals surface area (Å²) in [6, 6.07) is 2.36. The minimum atomic E-state index is -0.0694. The number of rotatable bonds is 13. The summed E-state index contributed by atoms with van der Waals surface area (Å²) in [6.07, 6.45) is 15.9. The third-order valence-electron chi connectivity index (χ3n) is 9.22. The van der Waals surface area contributed by atoms with Gasteiger partial charge in [-0.1, -0.05) is 71.3 Å². The largest absolute Gasteiger partial charge is 0.300 e. The average molecular weight is 495 g/mol. The second kappa shape index (κ2) is 13.7. The number of hydrogen-bond donors (Lipinski definition) is 0. The van der Waals surface area contributed by atoms with E-state index in [1.807, 2.05) is 0 Å². The van der Waals surface area contributed by atoms with E-state index in [0.29, 0.717) is 18.1 Å².